The van der Waals surface area contributed by atoms with Crippen molar-refractivity contribution in [1.29, 1.82) is 0 Å². The van der Waals surface area contributed by atoms with Crippen LogP contribution in [-0.2, 0) is 9.59 Å². The Hall–Kier alpha value is -1.79. The highest BCUT2D eigenvalue weighted by atomic mass is 35.5. The van der Waals surface area contributed by atoms with Crippen LogP contribution in [0.3, 0.4) is 0 Å². The first kappa shape index (κ1) is 20.9. The maximum Gasteiger partial charge on any atom is 0.263 e. The van der Waals surface area contributed by atoms with Gasteiger partial charge in [-0.05, 0) is 57.4 Å². The molecule has 0 spiro atoms. The lowest BCUT2D eigenvalue weighted by Crippen LogP contribution is -2.57. The number of hydrogen-bond donors (Lipinski definition) is 0. The molecule has 0 bridgehead atoms. The fraction of sp³-hybridized carbons (Fsp3) is 0.619. The van der Waals surface area contributed by atoms with Gasteiger partial charge in [0.05, 0.1) is 6.04 Å². The molecule has 2 saturated heterocycles. The summed E-state index contributed by atoms with van der Waals surface area (Å²) >= 11 is 5.88. The van der Waals surface area contributed by atoms with E-state index >= 15 is 0 Å². The van der Waals surface area contributed by atoms with Gasteiger partial charge in [0.15, 0.2) is 6.10 Å². The summed E-state index contributed by atoms with van der Waals surface area (Å²) in [4.78, 5) is 31.4. The van der Waals surface area contributed by atoms with E-state index < -0.39 is 6.10 Å². The van der Waals surface area contributed by atoms with Crippen molar-refractivity contribution >= 4 is 23.4 Å². The summed E-state index contributed by atoms with van der Waals surface area (Å²) in [6.07, 6.45) is 2.87. The van der Waals surface area contributed by atoms with Crippen LogP contribution in [-0.4, -0.2) is 77.9 Å². The Labute approximate surface area is 172 Å². The van der Waals surface area contributed by atoms with Crippen LogP contribution in [0.4, 0.5) is 0 Å². The molecular formula is C21H30ClN3O3. The normalized spacial score (nSPS) is 20.5. The van der Waals surface area contributed by atoms with Gasteiger partial charge in [0.2, 0.25) is 5.91 Å². The number of piperidine rings is 1. The zero-order chi connectivity index (χ0) is 20.1. The number of piperazine rings is 1. The van der Waals surface area contributed by atoms with Crippen molar-refractivity contribution in [3.8, 4) is 5.75 Å². The predicted molar refractivity (Wildman–Crippen MR) is 110 cm³/mol. The van der Waals surface area contributed by atoms with E-state index in [0.29, 0.717) is 37.0 Å². The number of carbonyl (C=O) groups excluding carboxylic acids is 2. The molecule has 0 aromatic heterocycles. The fourth-order valence-electron chi connectivity index (χ4n) is 3.89. The molecule has 0 saturated carbocycles. The third-order valence-corrected chi connectivity index (χ3v) is 5.93. The van der Waals surface area contributed by atoms with Crippen molar-refractivity contribution in [3.05, 3.63) is 29.3 Å². The van der Waals surface area contributed by atoms with E-state index in [1.165, 1.54) is 6.42 Å². The predicted octanol–water partition coefficient (Wildman–Crippen LogP) is 2.65. The first-order chi connectivity index (χ1) is 13.5. The minimum Gasteiger partial charge on any atom is -0.481 e. The number of nitrogens with zero attached hydrogens (tertiary/aromatic N) is 3. The number of rotatable bonds is 5. The summed E-state index contributed by atoms with van der Waals surface area (Å²) in [6, 6.07) is 6.88. The Balaban J connectivity index is 1.47. The molecular weight excluding hydrogens is 378 g/mol. The van der Waals surface area contributed by atoms with Gasteiger partial charge in [-0.25, -0.2) is 0 Å². The van der Waals surface area contributed by atoms with Gasteiger partial charge in [0.25, 0.3) is 5.91 Å². The van der Waals surface area contributed by atoms with Crippen molar-refractivity contribution in [1.82, 2.24) is 14.7 Å². The van der Waals surface area contributed by atoms with E-state index in [1.807, 2.05) is 16.7 Å². The van der Waals surface area contributed by atoms with Crippen molar-refractivity contribution in [2.24, 2.45) is 0 Å². The van der Waals surface area contributed by atoms with Crippen molar-refractivity contribution in [3.63, 3.8) is 0 Å². The molecule has 1 aromatic carbocycles. The maximum absolute atomic E-state index is 12.7. The van der Waals surface area contributed by atoms with Gasteiger partial charge in [0, 0.05) is 44.3 Å². The van der Waals surface area contributed by atoms with Crippen LogP contribution in [0, 0.1) is 0 Å². The highest BCUT2D eigenvalue weighted by molar-refractivity contribution is 6.30. The molecule has 2 amide bonds. The molecule has 0 radical (unpaired) electrons. The molecule has 0 aliphatic carbocycles. The maximum atomic E-state index is 12.7. The van der Waals surface area contributed by atoms with Gasteiger partial charge in [-0.1, -0.05) is 11.6 Å². The molecule has 7 heteroatoms. The number of hydrogen-bond acceptors (Lipinski definition) is 4. The van der Waals surface area contributed by atoms with E-state index in [1.54, 1.807) is 31.2 Å². The van der Waals surface area contributed by atoms with E-state index in [0.717, 1.165) is 25.9 Å². The molecule has 2 fully saturated rings. The van der Waals surface area contributed by atoms with Gasteiger partial charge in [-0.15, -0.1) is 0 Å². The van der Waals surface area contributed by atoms with Crippen molar-refractivity contribution < 1.29 is 14.3 Å². The Bertz CT molecular complexity index is 668. The largest absolute Gasteiger partial charge is 0.481 e. The quantitative estimate of drug-likeness (QED) is 0.753. The molecule has 154 valence electrons. The summed E-state index contributed by atoms with van der Waals surface area (Å²) in [5.74, 6) is 0.827. The molecule has 6 nitrogen and oxygen atoms in total. The first-order valence-electron chi connectivity index (χ1n) is 10.2. The zero-order valence-electron chi connectivity index (χ0n) is 16.8. The second-order valence-corrected chi connectivity index (χ2v) is 8.07. The van der Waals surface area contributed by atoms with Crippen LogP contribution >= 0.6 is 11.6 Å². The summed E-state index contributed by atoms with van der Waals surface area (Å²) in [5.41, 5.74) is 0. The van der Waals surface area contributed by atoms with Crippen molar-refractivity contribution in [2.75, 3.05) is 39.3 Å². The number of amides is 2. The second-order valence-electron chi connectivity index (χ2n) is 7.64. The van der Waals surface area contributed by atoms with Gasteiger partial charge in [-0.2, -0.15) is 0 Å². The third-order valence-electron chi connectivity index (χ3n) is 5.67. The number of carbonyl (C=O) groups is 2. The van der Waals surface area contributed by atoms with Crippen LogP contribution in [0.15, 0.2) is 24.3 Å². The molecule has 2 aliphatic heterocycles. The number of likely N-dealkylation sites (tertiary alicyclic amines) is 1. The van der Waals surface area contributed by atoms with Crippen LogP contribution in [0.2, 0.25) is 5.02 Å². The average molecular weight is 408 g/mol. The van der Waals surface area contributed by atoms with Crippen LogP contribution in [0.1, 0.15) is 33.1 Å². The highest BCUT2D eigenvalue weighted by Crippen LogP contribution is 2.18. The minimum atomic E-state index is -0.555. The number of ether oxygens (including phenoxy) is 1. The summed E-state index contributed by atoms with van der Waals surface area (Å²) < 4.78 is 5.75. The highest BCUT2D eigenvalue weighted by Gasteiger charge is 2.32. The fourth-order valence-corrected chi connectivity index (χ4v) is 4.02. The number of halogens is 1. The summed E-state index contributed by atoms with van der Waals surface area (Å²) in [7, 11) is 0. The molecule has 2 aliphatic rings. The zero-order valence-corrected chi connectivity index (χ0v) is 17.5. The third kappa shape index (κ3) is 5.17. The Morgan fingerprint density at radius 2 is 1.43 bits per heavy atom. The Morgan fingerprint density at radius 1 is 0.857 bits per heavy atom. The van der Waals surface area contributed by atoms with Crippen LogP contribution in [0.25, 0.3) is 0 Å². The Kier molecular flexibility index (Phi) is 7.18. The van der Waals surface area contributed by atoms with Crippen molar-refractivity contribution in [2.45, 2.75) is 45.3 Å². The van der Waals surface area contributed by atoms with Crippen LogP contribution in [0.5, 0.6) is 5.75 Å². The average Bonchev–Trinajstić information content (AvgIpc) is 2.74. The summed E-state index contributed by atoms with van der Waals surface area (Å²) in [5, 5.41) is 0.635. The lowest BCUT2D eigenvalue weighted by Gasteiger charge is -2.40. The topological polar surface area (TPSA) is 53.1 Å². The molecule has 1 aromatic rings. The smallest absolute Gasteiger partial charge is 0.263 e. The lowest BCUT2D eigenvalue weighted by molar-refractivity contribution is -0.142. The molecule has 28 heavy (non-hydrogen) atoms. The van der Waals surface area contributed by atoms with E-state index in [4.69, 9.17) is 16.3 Å². The van der Waals surface area contributed by atoms with Gasteiger partial charge < -0.3 is 14.5 Å². The molecule has 2 unspecified atom stereocenters. The standard InChI is InChI=1S/C21H30ClN3O3/c1-16(20(26)24-10-4-3-5-11-24)23-12-14-25(15-13-23)21(27)17(2)28-19-8-6-18(22)7-9-19/h6-9,16-17H,3-5,10-15H2,1-2H3. The minimum absolute atomic E-state index is 0.0235. The Morgan fingerprint density at radius 3 is 2.04 bits per heavy atom. The lowest BCUT2D eigenvalue weighted by atomic mass is 10.1. The first-order valence-corrected chi connectivity index (χ1v) is 10.6. The second kappa shape index (κ2) is 9.61. The molecule has 2 heterocycles. The molecule has 0 N–H and O–H groups in total. The number of benzene rings is 1. The van der Waals surface area contributed by atoms with Gasteiger partial charge >= 0.3 is 0 Å². The summed E-state index contributed by atoms with van der Waals surface area (Å²) in [6.45, 7) is 8.16. The van der Waals surface area contributed by atoms with Crippen LogP contribution < -0.4 is 4.74 Å². The van der Waals surface area contributed by atoms with Gasteiger partial charge in [0.1, 0.15) is 5.75 Å². The van der Waals surface area contributed by atoms with E-state index in [9.17, 15) is 9.59 Å². The molecule has 2 atom stereocenters. The van der Waals surface area contributed by atoms with E-state index in [2.05, 4.69) is 4.90 Å². The van der Waals surface area contributed by atoms with Gasteiger partial charge in [-0.3, -0.25) is 14.5 Å². The monoisotopic (exact) mass is 407 g/mol. The van der Waals surface area contributed by atoms with E-state index in [-0.39, 0.29) is 17.9 Å². The SMILES string of the molecule is CC(Oc1ccc(Cl)cc1)C(=O)N1CCN(C(C)C(=O)N2CCCCC2)CC1. The molecule has 3 rings (SSSR count).